The number of aromatic nitrogens is 5. The minimum atomic E-state index is -0.287. The van der Waals surface area contributed by atoms with E-state index < -0.39 is 0 Å². The Bertz CT molecular complexity index is 1650. The van der Waals surface area contributed by atoms with Crippen molar-refractivity contribution in [3.05, 3.63) is 95.3 Å². The van der Waals surface area contributed by atoms with Crippen LogP contribution in [0.15, 0.2) is 73.3 Å². The number of hydrogen-bond acceptors (Lipinski definition) is 6. The zero-order valence-corrected chi connectivity index (χ0v) is 23.2. The molecular formula is C30H29ClN6O2. The maximum atomic E-state index is 13.6. The summed E-state index contributed by atoms with van der Waals surface area (Å²) in [6.45, 7) is 10.6. The van der Waals surface area contributed by atoms with Crippen LogP contribution in [0.2, 0.25) is 5.15 Å². The lowest BCUT2D eigenvalue weighted by Crippen LogP contribution is -2.16. The van der Waals surface area contributed by atoms with Crippen molar-refractivity contribution in [1.29, 1.82) is 0 Å². The molecule has 5 rings (SSSR count). The summed E-state index contributed by atoms with van der Waals surface area (Å²) in [5, 5.41) is 9.67. The number of pyridine rings is 1. The second kappa shape index (κ2) is 10.5. The van der Waals surface area contributed by atoms with Crippen LogP contribution in [0, 0.1) is 0 Å². The van der Waals surface area contributed by atoms with Crippen LogP contribution < -0.4 is 10.1 Å². The van der Waals surface area contributed by atoms with Crippen molar-refractivity contribution >= 4 is 34.1 Å². The maximum absolute atomic E-state index is 13.6. The van der Waals surface area contributed by atoms with Crippen molar-refractivity contribution in [3.8, 4) is 17.3 Å². The number of amides is 1. The molecule has 0 aliphatic rings. The molecule has 3 aromatic heterocycles. The lowest BCUT2D eigenvalue weighted by molar-refractivity contribution is 0.102. The standard InChI is InChI=1S/C30H29ClN6O2/c1-18(2)19-6-8-21(9-7-19)37-27(13-25(36-37)30(3,4)5)35-29(38)24-16-32-15-20-12-22(10-11-23(20)24)39-28-14-26(31)33-17-34-28/h6-18H,1-5H3,(H,35,38). The first-order chi connectivity index (χ1) is 18.6. The zero-order chi connectivity index (χ0) is 27.7. The number of carbonyl (C=O) groups is 1. The molecule has 0 saturated carbocycles. The van der Waals surface area contributed by atoms with Crippen molar-refractivity contribution in [2.75, 3.05) is 5.32 Å². The number of nitrogens with zero attached hydrogens (tertiary/aromatic N) is 5. The second-order valence-electron chi connectivity index (χ2n) is 10.6. The van der Waals surface area contributed by atoms with Gasteiger partial charge in [-0.2, -0.15) is 5.10 Å². The molecule has 2 aromatic carbocycles. The summed E-state index contributed by atoms with van der Waals surface area (Å²) >= 11 is 5.93. The molecule has 0 unspecified atom stereocenters. The van der Waals surface area contributed by atoms with Crippen LogP contribution in [-0.2, 0) is 5.41 Å². The van der Waals surface area contributed by atoms with Gasteiger partial charge in [-0.1, -0.05) is 58.4 Å². The third-order valence-electron chi connectivity index (χ3n) is 6.33. The van der Waals surface area contributed by atoms with Crippen LogP contribution >= 0.6 is 11.6 Å². The number of benzene rings is 2. The summed E-state index contributed by atoms with van der Waals surface area (Å²) in [7, 11) is 0. The van der Waals surface area contributed by atoms with E-state index in [4.69, 9.17) is 21.4 Å². The monoisotopic (exact) mass is 540 g/mol. The van der Waals surface area contributed by atoms with E-state index in [0.717, 1.165) is 22.2 Å². The van der Waals surface area contributed by atoms with E-state index in [9.17, 15) is 4.79 Å². The SMILES string of the molecule is CC(C)c1ccc(-n2nc(C(C)(C)C)cc2NC(=O)c2cncc3cc(Oc4cc(Cl)ncn4)ccc23)cc1. The highest BCUT2D eigenvalue weighted by atomic mass is 35.5. The largest absolute Gasteiger partial charge is 0.439 e. The first kappa shape index (κ1) is 26.3. The van der Waals surface area contributed by atoms with Gasteiger partial charge in [-0.05, 0) is 47.2 Å². The van der Waals surface area contributed by atoms with Gasteiger partial charge in [-0.15, -0.1) is 0 Å². The summed E-state index contributed by atoms with van der Waals surface area (Å²) in [6.07, 6.45) is 4.58. The second-order valence-corrected chi connectivity index (χ2v) is 11.0. The van der Waals surface area contributed by atoms with E-state index in [0.29, 0.717) is 28.9 Å². The summed E-state index contributed by atoms with van der Waals surface area (Å²) < 4.78 is 7.59. The van der Waals surface area contributed by atoms with E-state index in [2.05, 4.69) is 67.0 Å². The van der Waals surface area contributed by atoms with Crippen LogP contribution in [0.25, 0.3) is 16.5 Å². The molecule has 0 saturated heterocycles. The Hall–Kier alpha value is -4.30. The van der Waals surface area contributed by atoms with E-state index in [1.807, 2.05) is 24.3 Å². The van der Waals surface area contributed by atoms with Gasteiger partial charge in [0.2, 0.25) is 5.88 Å². The number of rotatable bonds is 6. The highest BCUT2D eigenvalue weighted by Crippen LogP contribution is 2.30. The molecule has 0 atom stereocenters. The Morgan fingerprint density at radius 2 is 1.77 bits per heavy atom. The van der Waals surface area contributed by atoms with Crippen molar-refractivity contribution < 1.29 is 9.53 Å². The summed E-state index contributed by atoms with van der Waals surface area (Å²) in [5.41, 5.74) is 3.21. The fourth-order valence-electron chi connectivity index (χ4n) is 4.11. The van der Waals surface area contributed by atoms with Crippen LogP contribution in [0.5, 0.6) is 11.6 Å². The third-order valence-corrected chi connectivity index (χ3v) is 6.54. The fraction of sp³-hybridized carbons (Fsp3) is 0.233. The van der Waals surface area contributed by atoms with Gasteiger partial charge in [0.1, 0.15) is 23.0 Å². The lowest BCUT2D eigenvalue weighted by Gasteiger charge is -2.14. The molecule has 8 nitrogen and oxygen atoms in total. The number of nitrogens with one attached hydrogen (secondary N) is 1. The molecule has 39 heavy (non-hydrogen) atoms. The van der Waals surface area contributed by atoms with Crippen molar-refractivity contribution in [2.45, 2.75) is 46.0 Å². The molecule has 3 heterocycles. The number of hydrogen-bond donors (Lipinski definition) is 1. The summed E-state index contributed by atoms with van der Waals surface area (Å²) in [4.78, 5) is 25.8. The minimum Gasteiger partial charge on any atom is -0.439 e. The molecule has 0 radical (unpaired) electrons. The number of anilines is 1. The van der Waals surface area contributed by atoms with Gasteiger partial charge in [0.05, 0.1) is 16.9 Å². The maximum Gasteiger partial charge on any atom is 0.259 e. The average molecular weight is 541 g/mol. The van der Waals surface area contributed by atoms with Crippen molar-refractivity contribution in [1.82, 2.24) is 24.7 Å². The minimum absolute atomic E-state index is 0.200. The van der Waals surface area contributed by atoms with E-state index in [1.165, 1.54) is 18.0 Å². The highest BCUT2D eigenvalue weighted by Gasteiger charge is 2.22. The van der Waals surface area contributed by atoms with Gasteiger partial charge in [-0.25, -0.2) is 14.6 Å². The number of halogens is 1. The summed E-state index contributed by atoms with van der Waals surface area (Å²) in [6, 6.07) is 17.1. The average Bonchev–Trinajstić information content (AvgIpc) is 3.32. The molecule has 0 aliphatic carbocycles. The number of ether oxygens (including phenoxy) is 1. The molecule has 0 bridgehead atoms. The van der Waals surface area contributed by atoms with Crippen LogP contribution in [0.3, 0.4) is 0 Å². The number of fused-ring (bicyclic) bond motifs is 1. The molecule has 1 N–H and O–H groups in total. The van der Waals surface area contributed by atoms with Crippen molar-refractivity contribution in [3.63, 3.8) is 0 Å². The first-order valence-corrected chi connectivity index (χ1v) is 13.0. The summed E-state index contributed by atoms with van der Waals surface area (Å²) in [5.74, 6) is 1.57. The van der Waals surface area contributed by atoms with Gasteiger partial charge in [-0.3, -0.25) is 9.78 Å². The van der Waals surface area contributed by atoms with E-state index >= 15 is 0 Å². The zero-order valence-electron chi connectivity index (χ0n) is 22.4. The van der Waals surface area contributed by atoms with Gasteiger partial charge >= 0.3 is 0 Å². The normalized spacial score (nSPS) is 11.7. The molecule has 0 spiro atoms. The predicted molar refractivity (Wildman–Crippen MR) is 153 cm³/mol. The quantitative estimate of drug-likeness (QED) is 0.226. The molecule has 198 valence electrons. The van der Waals surface area contributed by atoms with Gasteiger partial charge in [0.25, 0.3) is 5.91 Å². The topological polar surface area (TPSA) is 94.8 Å². The third kappa shape index (κ3) is 5.76. The molecule has 9 heteroatoms. The highest BCUT2D eigenvalue weighted by molar-refractivity contribution is 6.29. The Balaban J connectivity index is 1.46. The predicted octanol–water partition coefficient (Wildman–Crippen LogP) is 7.33. The molecule has 1 amide bonds. The van der Waals surface area contributed by atoms with Gasteiger partial charge < -0.3 is 10.1 Å². The van der Waals surface area contributed by atoms with Gasteiger partial charge in [0, 0.05) is 35.3 Å². The Morgan fingerprint density at radius 1 is 1.00 bits per heavy atom. The van der Waals surface area contributed by atoms with Crippen LogP contribution in [-0.4, -0.2) is 30.6 Å². The van der Waals surface area contributed by atoms with Crippen LogP contribution in [0.4, 0.5) is 5.82 Å². The Labute approximate surface area is 232 Å². The molecular weight excluding hydrogens is 512 g/mol. The number of carbonyl (C=O) groups excluding carboxylic acids is 1. The van der Waals surface area contributed by atoms with E-state index in [-0.39, 0.29) is 16.5 Å². The molecule has 0 fully saturated rings. The Kier molecular flexibility index (Phi) is 7.06. The smallest absolute Gasteiger partial charge is 0.259 e. The van der Waals surface area contributed by atoms with Crippen molar-refractivity contribution in [2.24, 2.45) is 0 Å². The van der Waals surface area contributed by atoms with Crippen LogP contribution in [0.1, 0.15) is 62.2 Å². The lowest BCUT2D eigenvalue weighted by atomic mass is 9.92. The van der Waals surface area contributed by atoms with E-state index in [1.54, 1.807) is 29.2 Å². The fourth-order valence-corrected chi connectivity index (χ4v) is 4.25. The Morgan fingerprint density at radius 3 is 2.46 bits per heavy atom. The first-order valence-electron chi connectivity index (χ1n) is 12.6. The molecule has 5 aromatic rings. The van der Waals surface area contributed by atoms with Gasteiger partial charge in [0.15, 0.2) is 0 Å². The molecule has 0 aliphatic heterocycles.